The number of piperidine rings is 1. The van der Waals surface area contributed by atoms with Crippen molar-refractivity contribution in [3.8, 4) is 5.75 Å². The predicted molar refractivity (Wildman–Crippen MR) is 110 cm³/mol. The van der Waals surface area contributed by atoms with E-state index in [2.05, 4.69) is 0 Å². The largest absolute Gasteiger partial charge is 0.486 e. The third-order valence-corrected chi connectivity index (χ3v) is 6.65. The van der Waals surface area contributed by atoms with E-state index in [4.69, 9.17) is 39.5 Å². The van der Waals surface area contributed by atoms with Crippen molar-refractivity contribution < 1.29 is 14.3 Å². The van der Waals surface area contributed by atoms with Gasteiger partial charge in [-0.05, 0) is 42.8 Å². The Kier molecular flexibility index (Phi) is 5.07. The molecule has 4 rings (SSSR count). The highest BCUT2D eigenvalue weighted by molar-refractivity contribution is 6.42. The van der Waals surface area contributed by atoms with Crippen molar-refractivity contribution in [1.29, 1.82) is 0 Å². The van der Waals surface area contributed by atoms with Crippen LogP contribution in [0.2, 0.25) is 15.1 Å². The first-order valence-corrected chi connectivity index (χ1v) is 10.2. The number of fused-ring (bicyclic) bond motifs is 1. The van der Waals surface area contributed by atoms with Crippen LogP contribution in [0.25, 0.3) is 0 Å². The molecule has 0 saturated carbocycles. The molecule has 0 unspecified atom stereocenters. The highest BCUT2D eigenvalue weighted by Gasteiger charge is 2.44. The van der Waals surface area contributed by atoms with E-state index < -0.39 is 5.60 Å². The molecule has 0 aromatic heterocycles. The Morgan fingerprint density at radius 1 is 1.04 bits per heavy atom. The molecule has 1 spiro atoms. The maximum absolute atomic E-state index is 12.8. The van der Waals surface area contributed by atoms with Crippen LogP contribution >= 0.6 is 34.8 Å². The lowest BCUT2D eigenvalue weighted by Crippen LogP contribution is -2.52. The molecule has 2 aromatic rings. The third-order valence-electron chi connectivity index (χ3n) is 5.50. The summed E-state index contributed by atoms with van der Waals surface area (Å²) in [5.74, 6) is 0.522. The molecule has 2 heterocycles. The van der Waals surface area contributed by atoms with Gasteiger partial charge in [0.15, 0.2) is 5.78 Å². The monoisotopic (exact) mass is 437 g/mol. The number of hydrogen-bond donors (Lipinski definition) is 0. The fourth-order valence-electron chi connectivity index (χ4n) is 3.82. The van der Waals surface area contributed by atoms with Crippen LogP contribution in [0.3, 0.4) is 0 Å². The van der Waals surface area contributed by atoms with Gasteiger partial charge in [0.1, 0.15) is 11.4 Å². The molecule has 1 fully saturated rings. The molecular weight excluding hydrogens is 421 g/mol. The fourth-order valence-corrected chi connectivity index (χ4v) is 4.28. The van der Waals surface area contributed by atoms with Crippen molar-refractivity contribution in [1.82, 2.24) is 4.90 Å². The summed E-state index contributed by atoms with van der Waals surface area (Å²) in [7, 11) is 0. The van der Waals surface area contributed by atoms with Crippen LogP contribution < -0.4 is 4.74 Å². The van der Waals surface area contributed by atoms with Crippen LogP contribution in [0.1, 0.15) is 45.5 Å². The number of benzene rings is 2. The van der Waals surface area contributed by atoms with Crippen LogP contribution in [-0.2, 0) is 0 Å². The summed E-state index contributed by atoms with van der Waals surface area (Å²) in [6.07, 6.45) is 1.48. The number of aryl methyl sites for hydroxylation is 1. The van der Waals surface area contributed by atoms with Crippen LogP contribution in [0, 0.1) is 6.92 Å². The predicted octanol–water partition coefficient (Wildman–Crippen LogP) is 5.60. The summed E-state index contributed by atoms with van der Waals surface area (Å²) < 4.78 is 6.28. The lowest BCUT2D eigenvalue weighted by Gasteiger charge is -2.44. The van der Waals surface area contributed by atoms with Gasteiger partial charge in [-0.15, -0.1) is 0 Å². The van der Waals surface area contributed by atoms with Crippen LogP contribution in [0.4, 0.5) is 0 Å². The first-order chi connectivity index (χ1) is 13.3. The Morgan fingerprint density at radius 2 is 1.75 bits per heavy atom. The highest BCUT2D eigenvalue weighted by Crippen LogP contribution is 2.41. The van der Waals surface area contributed by atoms with Crippen LogP contribution in [-0.4, -0.2) is 35.3 Å². The minimum absolute atomic E-state index is 0.0346. The van der Waals surface area contributed by atoms with E-state index in [1.54, 1.807) is 29.2 Å². The van der Waals surface area contributed by atoms with Gasteiger partial charge in [0.2, 0.25) is 0 Å². The molecule has 4 nitrogen and oxygen atoms in total. The van der Waals surface area contributed by atoms with E-state index in [9.17, 15) is 9.59 Å². The molecular formula is C21H18Cl3NO3. The van der Waals surface area contributed by atoms with Crippen molar-refractivity contribution in [2.24, 2.45) is 0 Å². The van der Waals surface area contributed by atoms with E-state index in [0.717, 1.165) is 5.56 Å². The summed E-state index contributed by atoms with van der Waals surface area (Å²) in [4.78, 5) is 27.2. The van der Waals surface area contributed by atoms with E-state index in [1.165, 1.54) is 0 Å². The number of ether oxygens (including phenoxy) is 1. The zero-order valence-electron chi connectivity index (χ0n) is 15.2. The average molecular weight is 439 g/mol. The Hall–Kier alpha value is -1.75. The van der Waals surface area contributed by atoms with Crippen molar-refractivity contribution in [2.75, 3.05) is 13.1 Å². The topological polar surface area (TPSA) is 46.6 Å². The summed E-state index contributed by atoms with van der Waals surface area (Å²) >= 11 is 18.1. The molecule has 28 heavy (non-hydrogen) atoms. The van der Waals surface area contributed by atoms with Crippen molar-refractivity contribution in [3.05, 3.63) is 62.1 Å². The smallest absolute Gasteiger partial charge is 0.253 e. The van der Waals surface area contributed by atoms with E-state index in [0.29, 0.717) is 64.3 Å². The molecule has 0 radical (unpaired) electrons. The third kappa shape index (κ3) is 3.49. The molecule has 0 bridgehead atoms. The first kappa shape index (κ1) is 19.6. The van der Waals surface area contributed by atoms with Gasteiger partial charge in [-0.2, -0.15) is 0 Å². The van der Waals surface area contributed by atoms with Crippen LogP contribution in [0.5, 0.6) is 5.75 Å². The van der Waals surface area contributed by atoms with Gasteiger partial charge in [0.25, 0.3) is 5.91 Å². The zero-order valence-corrected chi connectivity index (χ0v) is 17.5. The van der Waals surface area contributed by atoms with Gasteiger partial charge < -0.3 is 9.64 Å². The number of amides is 1. The van der Waals surface area contributed by atoms with Gasteiger partial charge in [0.05, 0.1) is 22.0 Å². The quantitative estimate of drug-likeness (QED) is 0.582. The van der Waals surface area contributed by atoms with E-state index in [-0.39, 0.29) is 11.7 Å². The van der Waals surface area contributed by atoms with E-state index in [1.807, 2.05) is 13.0 Å². The molecule has 0 N–H and O–H groups in total. The summed E-state index contributed by atoms with van der Waals surface area (Å²) in [5, 5.41) is 1.33. The Bertz CT molecular complexity index is 981. The van der Waals surface area contributed by atoms with Gasteiger partial charge >= 0.3 is 0 Å². The number of halogens is 3. The van der Waals surface area contributed by atoms with Crippen molar-refractivity contribution in [2.45, 2.75) is 31.8 Å². The van der Waals surface area contributed by atoms with Crippen LogP contribution in [0.15, 0.2) is 30.3 Å². The SMILES string of the molecule is Cc1cc2c(cc1Cl)C(=O)CC1(CCN(C(=O)c3ccc(Cl)c(Cl)c3)CC1)O2. The van der Waals surface area contributed by atoms with Gasteiger partial charge in [-0.3, -0.25) is 9.59 Å². The Labute approximate surface area is 178 Å². The normalized spacial score (nSPS) is 18.0. The average Bonchev–Trinajstić information content (AvgIpc) is 2.66. The number of likely N-dealkylation sites (tertiary alicyclic amines) is 1. The number of Topliss-reactive ketones (excluding diaryl/α,β-unsaturated/α-hetero) is 1. The molecule has 0 aliphatic carbocycles. The van der Waals surface area contributed by atoms with Crippen molar-refractivity contribution in [3.63, 3.8) is 0 Å². The standard InChI is InChI=1S/C21H18Cl3NO3/c1-12-8-19-14(10-16(12)23)18(26)11-21(28-19)4-6-25(7-5-21)20(27)13-2-3-15(22)17(24)9-13/h2-3,8-10H,4-7,11H2,1H3. The first-order valence-electron chi connectivity index (χ1n) is 9.05. The lowest BCUT2D eigenvalue weighted by molar-refractivity contribution is -0.00573. The maximum Gasteiger partial charge on any atom is 0.253 e. The van der Waals surface area contributed by atoms with Crippen molar-refractivity contribution >= 4 is 46.5 Å². The molecule has 146 valence electrons. The minimum atomic E-state index is -0.571. The second-order valence-corrected chi connectivity index (χ2v) is 8.63. The van der Waals surface area contributed by atoms with Gasteiger partial charge in [-0.25, -0.2) is 0 Å². The number of rotatable bonds is 1. The number of nitrogens with zero attached hydrogens (tertiary/aromatic N) is 1. The maximum atomic E-state index is 12.8. The van der Waals surface area contributed by atoms with Gasteiger partial charge in [0, 0.05) is 36.5 Å². The second-order valence-electron chi connectivity index (χ2n) is 7.40. The number of ketones is 1. The minimum Gasteiger partial charge on any atom is -0.486 e. The molecule has 2 aliphatic rings. The summed E-state index contributed by atoms with van der Waals surface area (Å²) in [6, 6.07) is 8.38. The number of carbonyl (C=O) groups excluding carboxylic acids is 2. The molecule has 1 amide bonds. The zero-order chi connectivity index (χ0) is 20.1. The fraction of sp³-hybridized carbons (Fsp3) is 0.333. The second kappa shape index (κ2) is 7.25. The molecule has 7 heteroatoms. The summed E-state index contributed by atoms with van der Waals surface area (Å²) in [6.45, 7) is 2.90. The molecule has 2 aromatic carbocycles. The van der Waals surface area contributed by atoms with Gasteiger partial charge in [-0.1, -0.05) is 34.8 Å². The Morgan fingerprint density at radius 3 is 2.43 bits per heavy atom. The van der Waals surface area contributed by atoms with E-state index >= 15 is 0 Å². The lowest BCUT2D eigenvalue weighted by atomic mass is 9.82. The molecule has 0 atom stereocenters. The number of carbonyl (C=O) groups is 2. The molecule has 2 aliphatic heterocycles. The molecule has 1 saturated heterocycles. The highest BCUT2D eigenvalue weighted by atomic mass is 35.5. The number of hydrogen-bond acceptors (Lipinski definition) is 3. The Balaban J connectivity index is 1.50. The summed E-state index contributed by atoms with van der Waals surface area (Å²) in [5.41, 5.74) is 1.34.